The van der Waals surface area contributed by atoms with E-state index in [2.05, 4.69) is 4.99 Å². The fourth-order valence-corrected chi connectivity index (χ4v) is 0.993. The molecule has 0 saturated carbocycles. The Morgan fingerprint density at radius 1 is 1.42 bits per heavy atom. The van der Waals surface area contributed by atoms with E-state index in [1.165, 1.54) is 0 Å². The van der Waals surface area contributed by atoms with Crippen LogP contribution < -0.4 is 0 Å². The predicted octanol–water partition coefficient (Wildman–Crippen LogP) is 1.52. The Hall–Kier alpha value is -1.09. The van der Waals surface area contributed by atoms with E-state index in [1.54, 1.807) is 25.8 Å². The van der Waals surface area contributed by atoms with Gasteiger partial charge in [0.05, 0.1) is 26.6 Å². The quantitative estimate of drug-likeness (QED) is 0.461. The Labute approximate surface area is 72.4 Å². The zero-order valence-corrected chi connectivity index (χ0v) is 7.41. The van der Waals surface area contributed by atoms with Gasteiger partial charge in [0.2, 0.25) is 0 Å². The van der Waals surface area contributed by atoms with Crippen LogP contribution in [0.2, 0.25) is 0 Å². The lowest BCUT2D eigenvalue weighted by Crippen LogP contribution is -1.85. The van der Waals surface area contributed by atoms with Crippen molar-refractivity contribution in [1.82, 2.24) is 0 Å². The van der Waals surface area contributed by atoms with Gasteiger partial charge in [-0.1, -0.05) is 0 Å². The van der Waals surface area contributed by atoms with Crippen molar-refractivity contribution in [2.75, 3.05) is 20.3 Å². The van der Waals surface area contributed by atoms with Gasteiger partial charge in [-0.25, -0.2) is 0 Å². The molecule has 3 nitrogen and oxygen atoms in total. The van der Waals surface area contributed by atoms with E-state index in [4.69, 9.17) is 9.47 Å². The maximum absolute atomic E-state index is 5.23. The molecule has 0 N–H and O–H groups in total. The molecule has 1 saturated heterocycles. The van der Waals surface area contributed by atoms with E-state index in [0.717, 1.165) is 11.1 Å². The van der Waals surface area contributed by atoms with Crippen LogP contribution in [0.1, 0.15) is 6.92 Å². The lowest BCUT2D eigenvalue weighted by atomic mass is 10.2. The van der Waals surface area contributed by atoms with Gasteiger partial charge < -0.3 is 9.47 Å². The molecule has 1 fully saturated rings. The Bertz CT molecular complexity index is 229. The molecule has 66 valence electrons. The van der Waals surface area contributed by atoms with Crippen LogP contribution in [0.15, 0.2) is 28.6 Å². The molecule has 0 aromatic rings. The van der Waals surface area contributed by atoms with Crippen molar-refractivity contribution in [2.24, 2.45) is 4.99 Å². The van der Waals surface area contributed by atoms with Gasteiger partial charge in [-0.15, -0.1) is 0 Å². The predicted molar refractivity (Wildman–Crippen MR) is 48.2 cm³/mol. The lowest BCUT2D eigenvalue weighted by molar-refractivity contribution is 0.212. The van der Waals surface area contributed by atoms with Crippen LogP contribution in [-0.4, -0.2) is 26.5 Å². The molecule has 1 rings (SSSR count). The summed E-state index contributed by atoms with van der Waals surface area (Å²) in [6, 6.07) is 0. The second-order valence-corrected chi connectivity index (χ2v) is 2.43. The van der Waals surface area contributed by atoms with Crippen molar-refractivity contribution >= 4 is 6.21 Å². The molecule has 0 amide bonds. The van der Waals surface area contributed by atoms with Gasteiger partial charge in [0.15, 0.2) is 0 Å². The third-order valence-corrected chi connectivity index (χ3v) is 1.57. The van der Waals surface area contributed by atoms with Crippen LogP contribution in [0.25, 0.3) is 0 Å². The van der Waals surface area contributed by atoms with Crippen molar-refractivity contribution in [3.05, 3.63) is 23.6 Å². The maximum Gasteiger partial charge on any atom is 0.0884 e. The minimum atomic E-state index is 0.624. The summed E-state index contributed by atoms with van der Waals surface area (Å²) in [7, 11) is 1.63. The molecule has 0 atom stereocenters. The number of rotatable bonds is 2. The van der Waals surface area contributed by atoms with E-state index in [9.17, 15) is 0 Å². The third-order valence-electron chi connectivity index (χ3n) is 1.57. The first-order chi connectivity index (χ1) is 5.88. The molecule has 0 aliphatic carbocycles. The second-order valence-electron chi connectivity index (χ2n) is 2.43. The summed E-state index contributed by atoms with van der Waals surface area (Å²) in [5, 5.41) is 0. The summed E-state index contributed by atoms with van der Waals surface area (Å²) in [5.74, 6) is 0. The van der Waals surface area contributed by atoms with E-state index in [1.807, 2.05) is 6.92 Å². The number of ether oxygens (including phenoxy) is 2. The molecule has 12 heavy (non-hydrogen) atoms. The summed E-state index contributed by atoms with van der Waals surface area (Å²) >= 11 is 0. The second kappa shape index (κ2) is 4.72. The smallest absolute Gasteiger partial charge is 0.0884 e. The highest BCUT2D eigenvalue weighted by atomic mass is 16.5. The van der Waals surface area contributed by atoms with Gasteiger partial charge in [0, 0.05) is 23.6 Å². The fraction of sp³-hybridized carbons (Fsp3) is 0.444. The van der Waals surface area contributed by atoms with Crippen LogP contribution in [-0.2, 0) is 9.47 Å². The van der Waals surface area contributed by atoms with Crippen LogP contribution in [0.5, 0.6) is 0 Å². The monoisotopic (exact) mass is 167 g/mol. The minimum absolute atomic E-state index is 0.624. The number of aliphatic imine (C=N–C) groups is 1. The Morgan fingerprint density at radius 2 is 2.17 bits per heavy atom. The molecule has 0 radical (unpaired) electrons. The SMILES string of the molecule is CC=N/C=C1/COC/C1=C\OC. The van der Waals surface area contributed by atoms with Crippen molar-refractivity contribution in [2.45, 2.75) is 6.92 Å². The number of methoxy groups -OCH3 is 1. The fourth-order valence-electron chi connectivity index (χ4n) is 0.993. The largest absolute Gasteiger partial charge is 0.504 e. The first kappa shape index (κ1) is 9.00. The summed E-state index contributed by atoms with van der Waals surface area (Å²) in [5.41, 5.74) is 2.16. The molecule has 1 aliphatic rings. The molecule has 1 aliphatic heterocycles. The normalized spacial score (nSPS) is 24.5. The Balaban J connectivity index is 2.70. The van der Waals surface area contributed by atoms with Gasteiger partial charge in [0.1, 0.15) is 0 Å². The molecule has 0 spiro atoms. The van der Waals surface area contributed by atoms with Gasteiger partial charge in [-0.05, 0) is 6.92 Å². The first-order valence-electron chi connectivity index (χ1n) is 3.85. The molecule has 0 aromatic carbocycles. The maximum atomic E-state index is 5.23. The van der Waals surface area contributed by atoms with Gasteiger partial charge in [-0.2, -0.15) is 0 Å². The number of nitrogens with zero attached hydrogens (tertiary/aromatic N) is 1. The van der Waals surface area contributed by atoms with Crippen LogP contribution in [0, 0.1) is 0 Å². The standard InChI is InChI=1S/C9H13NO2/c1-3-10-4-8-6-12-7-9(8)5-11-2/h3-5H,6-7H2,1-2H3/b8-4-,9-5+,10-3?. The highest BCUT2D eigenvalue weighted by Gasteiger charge is 2.13. The topological polar surface area (TPSA) is 30.8 Å². The third kappa shape index (κ3) is 2.20. The van der Waals surface area contributed by atoms with Crippen molar-refractivity contribution in [3.8, 4) is 0 Å². The highest BCUT2D eigenvalue weighted by Crippen LogP contribution is 2.18. The van der Waals surface area contributed by atoms with Crippen LogP contribution in [0.4, 0.5) is 0 Å². The minimum Gasteiger partial charge on any atom is -0.504 e. The average Bonchev–Trinajstić information content (AvgIpc) is 2.50. The molecule has 3 heteroatoms. The zero-order valence-electron chi connectivity index (χ0n) is 7.41. The van der Waals surface area contributed by atoms with Gasteiger partial charge >= 0.3 is 0 Å². The van der Waals surface area contributed by atoms with E-state index in [-0.39, 0.29) is 0 Å². The van der Waals surface area contributed by atoms with Crippen molar-refractivity contribution in [1.29, 1.82) is 0 Å². The lowest BCUT2D eigenvalue weighted by Gasteiger charge is -1.94. The zero-order chi connectivity index (χ0) is 8.81. The summed E-state index contributed by atoms with van der Waals surface area (Å²) in [4.78, 5) is 4.02. The average molecular weight is 167 g/mol. The van der Waals surface area contributed by atoms with Crippen LogP contribution >= 0.6 is 0 Å². The summed E-state index contributed by atoms with van der Waals surface area (Å²) < 4.78 is 10.1. The molecule has 0 unspecified atom stereocenters. The number of hydrogen-bond donors (Lipinski definition) is 0. The van der Waals surface area contributed by atoms with Crippen molar-refractivity contribution in [3.63, 3.8) is 0 Å². The van der Waals surface area contributed by atoms with E-state index in [0.29, 0.717) is 13.2 Å². The summed E-state index contributed by atoms with van der Waals surface area (Å²) in [6.07, 6.45) is 5.25. The molecular formula is C9H13NO2. The summed E-state index contributed by atoms with van der Waals surface area (Å²) in [6.45, 7) is 3.14. The van der Waals surface area contributed by atoms with E-state index >= 15 is 0 Å². The Morgan fingerprint density at radius 3 is 2.83 bits per heavy atom. The molecule has 1 heterocycles. The highest BCUT2D eigenvalue weighted by molar-refractivity contribution is 5.54. The first-order valence-corrected chi connectivity index (χ1v) is 3.85. The van der Waals surface area contributed by atoms with Crippen LogP contribution in [0.3, 0.4) is 0 Å². The number of hydrogen-bond acceptors (Lipinski definition) is 3. The molecule has 0 bridgehead atoms. The Kier molecular flexibility index (Phi) is 3.54. The van der Waals surface area contributed by atoms with Gasteiger partial charge in [-0.3, -0.25) is 4.99 Å². The molecular weight excluding hydrogens is 154 g/mol. The van der Waals surface area contributed by atoms with Crippen molar-refractivity contribution < 1.29 is 9.47 Å². The van der Waals surface area contributed by atoms with Gasteiger partial charge in [0.25, 0.3) is 0 Å². The molecule has 0 aromatic heterocycles. The van der Waals surface area contributed by atoms with E-state index < -0.39 is 0 Å².